The zero-order valence-electron chi connectivity index (χ0n) is 11.5. The van der Waals surface area contributed by atoms with E-state index in [9.17, 15) is 0 Å². The van der Waals surface area contributed by atoms with E-state index >= 15 is 0 Å². The summed E-state index contributed by atoms with van der Waals surface area (Å²) < 4.78 is 2.15. The van der Waals surface area contributed by atoms with E-state index in [0.717, 1.165) is 34.0 Å². The Hall–Kier alpha value is -2.32. The van der Waals surface area contributed by atoms with Crippen molar-refractivity contribution < 1.29 is 0 Å². The van der Waals surface area contributed by atoms with Gasteiger partial charge in [-0.05, 0) is 35.9 Å². The maximum absolute atomic E-state index is 5.90. The number of imidazole rings is 1. The van der Waals surface area contributed by atoms with Crippen LogP contribution in [0.3, 0.4) is 0 Å². The molecule has 0 saturated heterocycles. The quantitative estimate of drug-likeness (QED) is 0.616. The maximum Gasteiger partial charge on any atom is 0.134 e. The van der Waals surface area contributed by atoms with Gasteiger partial charge in [0, 0.05) is 11.6 Å². The second-order valence-corrected chi connectivity index (χ2v) is 5.18. The van der Waals surface area contributed by atoms with Gasteiger partial charge in [0.1, 0.15) is 5.82 Å². The lowest BCUT2D eigenvalue weighted by molar-refractivity contribution is 0.839. The van der Waals surface area contributed by atoms with Crippen LogP contribution < -0.4 is 0 Å². The number of hydrogen-bond acceptors (Lipinski definition) is 1. The van der Waals surface area contributed by atoms with Crippen molar-refractivity contribution in [2.75, 3.05) is 0 Å². The van der Waals surface area contributed by atoms with Crippen molar-refractivity contribution in [1.29, 1.82) is 0 Å². The largest absolute Gasteiger partial charge is 0.321 e. The summed E-state index contributed by atoms with van der Waals surface area (Å²) in [4.78, 5) is 4.67. The van der Waals surface area contributed by atoms with Crippen LogP contribution in [0.2, 0.25) is 5.02 Å². The van der Waals surface area contributed by atoms with Crippen LogP contribution in [-0.4, -0.2) is 9.55 Å². The van der Waals surface area contributed by atoms with Gasteiger partial charge >= 0.3 is 0 Å². The van der Waals surface area contributed by atoms with E-state index in [1.807, 2.05) is 60.7 Å². The monoisotopic (exact) mass is 294 g/mol. The molecule has 0 N–H and O–H groups in total. The van der Waals surface area contributed by atoms with Crippen LogP contribution in [0.4, 0.5) is 0 Å². The molecule has 3 rings (SSSR count). The number of rotatable bonds is 4. The van der Waals surface area contributed by atoms with Crippen LogP contribution in [-0.2, 0) is 6.54 Å². The minimum atomic E-state index is 0.737. The highest BCUT2D eigenvalue weighted by Crippen LogP contribution is 2.18. The Morgan fingerprint density at radius 3 is 2.57 bits per heavy atom. The van der Waals surface area contributed by atoms with Gasteiger partial charge in [-0.25, -0.2) is 4.98 Å². The number of para-hydroxylation sites is 2. The topological polar surface area (TPSA) is 17.8 Å². The summed E-state index contributed by atoms with van der Waals surface area (Å²) in [5.74, 6) is 0.922. The SMILES string of the molecule is C=CCn1c(C=Cc2ccc(Cl)cc2)nc2ccccc21. The minimum Gasteiger partial charge on any atom is -0.321 e. The number of benzene rings is 2. The number of hydrogen-bond donors (Lipinski definition) is 0. The van der Waals surface area contributed by atoms with Crippen LogP contribution in [0.15, 0.2) is 61.2 Å². The van der Waals surface area contributed by atoms with Crippen molar-refractivity contribution >= 4 is 34.8 Å². The average molecular weight is 295 g/mol. The Bertz CT molecular complexity index is 798. The summed E-state index contributed by atoms with van der Waals surface area (Å²) in [6.45, 7) is 4.56. The van der Waals surface area contributed by atoms with Crippen LogP contribution in [0.5, 0.6) is 0 Å². The summed E-state index contributed by atoms with van der Waals surface area (Å²) in [6.07, 6.45) is 5.94. The Kier molecular flexibility index (Phi) is 3.89. The summed E-state index contributed by atoms with van der Waals surface area (Å²) in [5.41, 5.74) is 3.21. The Morgan fingerprint density at radius 2 is 1.81 bits per heavy atom. The van der Waals surface area contributed by atoms with Crippen molar-refractivity contribution in [1.82, 2.24) is 9.55 Å². The molecule has 0 atom stereocenters. The fraction of sp³-hybridized carbons (Fsp3) is 0.0556. The fourth-order valence-electron chi connectivity index (χ4n) is 2.29. The lowest BCUT2D eigenvalue weighted by Gasteiger charge is -2.02. The van der Waals surface area contributed by atoms with Crippen LogP contribution in [0.25, 0.3) is 23.2 Å². The molecule has 0 unspecified atom stereocenters. The van der Waals surface area contributed by atoms with Gasteiger partial charge < -0.3 is 4.57 Å². The third-order valence-electron chi connectivity index (χ3n) is 3.29. The lowest BCUT2D eigenvalue weighted by atomic mass is 10.2. The Morgan fingerprint density at radius 1 is 1.05 bits per heavy atom. The van der Waals surface area contributed by atoms with Gasteiger partial charge in [0.2, 0.25) is 0 Å². The zero-order valence-corrected chi connectivity index (χ0v) is 12.3. The molecule has 1 aromatic heterocycles. The predicted molar refractivity (Wildman–Crippen MR) is 90.3 cm³/mol. The summed E-state index contributed by atoms with van der Waals surface area (Å²) in [6, 6.07) is 15.9. The highest BCUT2D eigenvalue weighted by atomic mass is 35.5. The molecule has 2 nitrogen and oxygen atoms in total. The summed E-state index contributed by atoms with van der Waals surface area (Å²) in [7, 11) is 0. The van der Waals surface area contributed by atoms with Gasteiger partial charge in [0.25, 0.3) is 0 Å². The second kappa shape index (κ2) is 5.98. The third kappa shape index (κ3) is 2.91. The van der Waals surface area contributed by atoms with E-state index in [0.29, 0.717) is 0 Å². The maximum atomic E-state index is 5.90. The molecule has 0 bridgehead atoms. The minimum absolute atomic E-state index is 0.737. The van der Waals surface area contributed by atoms with E-state index in [4.69, 9.17) is 11.6 Å². The number of fused-ring (bicyclic) bond motifs is 1. The average Bonchev–Trinajstić information content (AvgIpc) is 2.85. The first-order valence-electron chi connectivity index (χ1n) is 6.78. The molecule has 104 valence electrons. The number of halogens is 1. The van der Waals surface area contributed by atoms with Crippen LogP contribution in [0, 0.1) is 0 Å². The fourth-order valence-corrected chi connectivity index (χ4v) is 2.41. The summed E-state index contributed by atoms with van der Waals surface area (Å²) in [5, 5.41) is 0.742. The van der Waals surface area contributed by atoms with E-state index in [2.05, 4.69) is 22.2 Å². The van der Waals surface area contributed by atoms with Gasteiger partial charge in [-0.15, -0.1) is 6.58 Å². The third-order valence-corrected chi connectivity index (χ3v) is 3.54. The molecule has 0 aliphatic rings. The van der Waals surface area contributed by atoms with Crippen molar-refractivity contribution in [3.8, 4) is 0 Å². The molecule has 2 aromatic carbocycles. The van der Waals surface area contributed by atoms with Gasteiger partial charge in [0.15, 0.2) is 0 Å². The molecule has 3 heteroatoms. The molecule has 3 aromatic rings. The van der Waals surface area contributed by atoms with E-state index < -0.39 is 0 Å². The summed E-state index contributed by atoms with van der Waals surface area (Å²) >= 11 is 5.90. The van der Waals surface area contributed by atoms with Crippen LogP contribution in [0.1, 0.15) is 11.4 Å². The van der Waals surface area contributed by atoms with Crippen LogP contribution >= 0.6 is 11.6 Å². The first-order valence-corrected chi connectivity index (χ1v) is 7.15. The molecule has 0 spiro atoms. The van der Waals surface area contributed by atoms with Gasteiger partial charge in [0.05, 0.1) is 11.0 Å². The van der Waals surface area contributed by atoms with Crippen molar-refractivity contribution in [2.24, 2.45) is 0 Å². The Balaban J connectivity index is 2.01. The number of nitrogens with zero attached hydrogens (tertiary/aromatic N) is 2. The van der Waals surface area contributed by atoms with E-state index in [1.54, 1.807) is 0 Å². The predicted octanol–water partition coefficient (Wildman–Crippen LogP) is 5.05. The second-order valence-electron chi connectivity index (χ2n) is 4.74. The molecular formula is C18H15ClN2. The standard InChI is InChI=1S/C18H15ClN2/c1-2-13-21-17-6-4-3-5-16(17)20-18(21)12-9-14-7-10-15(19)11-8-14/h2-12H,1,13H2. The number of allylic oxidation sites excluding steroid dienone is 1. The molecule has 0 radical (unpaired) electrons. The highest BCUT2D eigenvalue weighted by molar-refractivity contribution is 6.30. The van der Waals surface area contributed by atoms with Gasteiger partial charge in [-0.2, -0.15) is 0 Å². The molecule has 0 aliphatic carbocycles. The molecule has 0 amide bonds. The first kappa shape index (κ1) is 13.7. The zero-order chi connectivity index (χ0) is 14.7. The van der Waals surface area contributed by atoms with Gasteiger partial charge in [-0.3, -0.25) is 0 Å². The molecule has 21 heavy (non-hydrogen) atoms. The van der Waals surface area contributed by atoms with Crippen molar-refractivity contribution in [3.63, 3.8) is 0 Å². The molecular weight excluding hydrogens is 280 g/mol. The normalized spacial score (nSPS) is 11.3. The number of aromatic nitrogens is 2. The Labute approximate surface area is 129 Å². The lowest BCUT2D eigenvalue weighted by Crippen LogP contribution is -1.97. The van der Waals surface area contributed by atoms with E-state index in [-0.39, 0.29) is 0 Å². The molecule has 0 fully saturated rings. The molecule has 1 heterocycles. The molecule has 0 saturated carbocycles. The van der Waals surface area contributed by atoms with E-state index in [1.165, 1.54) is 0 Å². The first-order chi connectivity index (χ1) is 10.3. The van der Waals surface area contributed by atoms with Crippen molar-refractivity contribution in [3.05, 3.63) is 77.6 Å². The van der Waals surface area contributed by atoms with Gasteiger partial charge in [-0.1, -0.05) is 48.0 Å². The van der Waals surface area contributed by atoms with Crippen molar-refractivity contribution in [2.45, 2.75) is 6.54 Å². The smallest absolute Gasteiger partial charge is 0.134 e. The molecule has 0 aliphatic heterocycles. The highest BCUT2D eigenvalue weighted by Gasteiger charge is 2.06.